The lowest BCUT2D eigenvalue weighted by atomic mass is 10.0. The molecule has 0 spiro atoms. The van der Waals surface area contributed by atoms with Gasteiger partial charge in [0.25, 0.3) is 0 Å². The molecule has 0 amide bonds. The van der Waals surface area contributed by atoms with Crippen molar-refractivity contribution in [3.8, 4) is 0 Å². The Balaban J connectivity index is 3.51. The van der Waals surface area contributed by atoms with Crippen molar-refractivity contribution >= 4 is 0 Å². The zero-order valence-corrected chi connectivity index (χ0v) is 9.01. The van der Waals surface area contributed by atoms with Crippen LogP contribution in [0, 0.1) is 5.92 Å². The molecule has 0 fully saturated rings. The minimum absolute atomic E-state index is 0.366. The summed E-state index contributed by atoms with van der Waals surface area (Å²) in [6, 6.07) is 0.366. The topological polar surface area (TPSA) is 29.3 Å². The van der Waals surface area contributed by atoms with Gasteiger partial charge in [0.05, 0.1) is 0 Å². The first kappa shape index (κ1) is 11.9. The van der Waals surface area contributed by atoms with E-state index < -0.39 is 0 Å². The van der Waals surface area contributed by atoms with E-state index in [-0.39, 0.29) is 0 Å². The fraction of sp³-hybridized carbons (Fsp3) is 1.00. The fourth-order valence-corrected chi connectivity index (χ4v) is 1.20. The molecule has 1 atom stereocenters. The largest absolute Gasteiger partial charge is 0.327 e. The van der Waals surface area contributed by atoms with Gasteiger partial charge in [-0.1, -0.05) is 27.7 Å². The standard InChI is InChI=1S/C10H24N2/c1-5-12(6-2)8-7-10(11)9(3)4/h9-10H,5-8,11H2,1-4H3. The zero-order valence-electron chi connectivity index (χ0n) is 9.01. The highest BCUT2D eigenvalue weighted by Crippen LogP contribution is 2.03. The summed E-state index contributed by atoms with van der Waals surface area (Å²) in [7, 11) is 0. The van der Waals surface area contributed by atoms with Gasteiger partial charge in [-0.3, -0.25) is 0 Å². The highest BCUT2D eigenvalue weighted by Gasteiger charge is 2.08. The van der Waals surface area contributed by atoms with E-state index >= 15 is 0 Å². The molecule has 0 aromatic heterocycles. The van der Waals surface area contributed by atoms with Crippen LogP contribution in [0.25, 0.3) is 0 Å². The lowest BCUT2D eigenvalue weighted by Gasteiger charge is -2.22. The van der Waals surface area contributed by atoms with Crippen LogP contribution in [0.4, 0.5) is 0 Å². The van der Waals surface area contributed by atoms with E-state index in [1.165, 1.54) is 0 Å². The Morgan fingerprint density at radius 1 is 1.17 bits per heavy atom. The molecular formula is C10H24N2. The molecule has 2 N–H and O–H groups in total. The smallest absolute Gasteiger partial charge is 0.00740 e. The maximum Gasteiger partial charge on any atom is 0.00740 e. The van der Waals surface area contributed by atoms with Crippen molar-refractivity contribution in [3.05, 3.63) is 0 Å². The predicted molar refractivity (Wildman–Crippen MR) is 55.2 cm³/mol. The van der Waals surface area contributed by atoms with Crippen LogP contribution in [0.5, 0.6) is 0 Å². The Bertz CT molecular complexity index is 96.0. The van der Waals surface area contributed by atoms with E-state index in [4.69, 9.17) is 5.73 Å². The van der Waals surface area contributed by atoms with Crippen molar-refractivity contribution in [1.29, 1.82) is 0 Å². The van der Waals surface area contributed by atoms with Crippen molar-refractivity contribution in [3.63, 3.8) is 0 Å². The summed E-state index contributed by atoms with van der Waals surface area (Å²) in [5.74, 6) is 0.612. The molecule has 0 rings (SSSR count). The number of rotatable bonds is 6. The molecule has 0 aromatic carbocycles. The van der Waals surface area contributed by atoms with E-state index in [9.17, 15) is 0 Å². The lowest BCUT2D eigenvalue weighted by Crippen LogP contribution is -2.33. The normalized spacial score (nSPS) is 14.2. The number of hydrogen-bond acceptors (Lipinski definition) is 2. The molecule has 2 nitrogen and oxygen atoms in total. The first-order valence-electron chi connectivity index (χ1n) is 5.09. The van der Waals surface area contributed by atoms with Gasteiger partial charge in [-0.05, 0) is 32.0 Å². The molecule has 2 heteroatoms. The van der Waals surface area contributed by atoms with Crippen LogP contribution in [0.15, 0.2) is 0 Å². The molecule has 0 aromatic rings. The fourth-order valence-electron chi connectivity index (χ4n) is 1.20. The maximum atomic E-state index is 5.95. The third-order valence-electron chi connectivity index (χ3n) is 2.53. The van der Waals surface area contributed by atoms with Crippen LogP contribution in [-0.2, 0) is 0 Å². The molecule has 0 radical (unpaired) electrons. The van der Waals surface area contributed by atoms with Crippen LogP contribution < -0.4 is 5.73 Å². The van der Waals surface area contributed by atoms with Gasteiger partial charge in [0.15, 0.2) is 0 Å². The quantitative estimate of drug-likeness (QED) is 0.661. The van der Waals surface area contributed by atoms with Crippen molar-refractivity contribution < 1.29 is 0 Å². The second kappa shape index (κ2) is 6.44. The Hall–Kier alpha value is -0.0800. The Kier molecular flexibility index (Phi) is 6.39. The summed E-state index contributed by atoms with van der Waals surface area (Å²) in [6.07, 6.45) is 1.12. The summed E-state index contributed by atoms with van der Waals surface area (Å²) < 4.78 is 0. The molecule has 0 aliphatic heterocycles. The summed E-state index contributed by atoms with van der Waals surface area (Å²) in [5.41, 5.74) is 5.95. The summed E-state index contributed by atoms with van der Waals surface area (Å²) in [4.78, 5) is 2.42. The molecular weight excluding hydrogens is 148 g/mol. The molecule has 0 bridgehead atoms. The van der Waals surface area contributed by atoms with Gasteiger partial charge >= 0.3 is 0 Å². The van der Waals surface area contributed by atoms with Crippen molar-refractivity contribution in [1.82, 2.24) is 4.90 Å². The predicted octanol–water partition coefficient (Wildman–Crippen LogP) is 1.70. The first-order valence-corrected chi connectivity index (χ1v) is 5.09. The molecule has 1 unspecified atom stereocenters. The molecule has 0 saturated heterocycles. The van der Waals surface area contributed by atoms with Crippen LogP contribution in [0.1, 0.15) is 34.1 Å². The van der Waals surface area contributed by atoms with Crippen molar-refractivity contribution in [2.24, 2.45) is 11.7 Å². The van der Waals surface area contributed by atoms with E-state index in [0.29, 0.717) is 12.0 Å². The zero-order chi connectivity index (χ0) is 9.56. The van der Waals surface area contributed by atoms with E-state index in [0.717, 1.165) is 26.1 Å². The lowest BCUT2D eigenvalue weighted by molar-refractivity contribution is 0.278. The van der Waals surface area contributed by atoms with Crippen LogP contribution in [0.2, 0.25) is 0 Å². The van der Waals surface area contributed by atoms with Crippen LogP contribution in [0.3, 0.4) is 0 Å². The van der Waals surface area contributed by atoms with Gasteiger partial charge in [0.2, 0.25) is 0 Å². The second-order valence-corrected chi connectivity index (χ2v) is 3.72. The Morgan fingerprint density at radius 3 is 2.00 bits per heavy atom. The molecule has 0 heterocycles. The van der Waals surface area contributed by atoms with Gasteiger partial charge in [0, 0.05) is 6.04 Å². The van der Waals surface area contributed by atoms with E-state index in [1.807, 2.05) is 0 Å². The Morgan fingerprint density at radius 2 is 1.67 bits per heavy atom. The molecule has 74 valence electrons. The second-order valence-electron chi connectivity index (χ2n) is 3.72. The van der Waals surface area contributed by atoms with Crippen molar-refractivity contribution in [2.75, 3.05) is 19.6 Å². The summed E-state index contributed by atoms with van der Waals surface area (Å²) in [6.45, 7) is 12.2. The van der Waals surface area contributed by atoms with Crippen molar-refractivity contribution in [2.45, 2.75) is 40.2 Å². The summed E-state index contributed by atoms with van der Waals surface area (Å²) >= 11 is 0. The van der Waals surface area contributed by atoms with Crippen LogP contribution >= 0.6 is 0 Å². The van der Waals surface area contributed by atoms with Crippen LogP contribution in [-0.4, -0.2) is 30.6 Å². The average Bonchev–Trinajstić information content (AvgIpc) is 2.05. The number of nitrogens with zero attached hydrogens (tertiary/aromatic N) is 1. The monoisotopic (exact) mass is 172 g/mol. The highest BCUT2D eigenvalue weighted by atomic mass is 15.1. The summed E-state index contributed by atoms with van der Waals surface area (Å²) in [5, 5.41) is 0. The van der Waals surface area contributed by atoms with Gasteiger partial charge in [-0.15, -0.1) is 0 Å². The number of nitrogens with two attached hydrogens (primary N) is 1. The van der Waals surface area contributed by atoms with E-state index in [2.05, 4.69) is 32.6 Å². The van der Waals surface area contributed by atoms with Gasteiger partial charge < -0.3 is 10.6 Å². The molecule has 0 saturated carbocycles. The SMILES string of the molecule is CCN(CC)CCC(N)C(C)C. The van der Waals surface area contributed by atoms with E-state index in [1.54, 1.807) is 0 Å². The molecule has 0 aliphatic rings. The Labute approximate surface area is 77.1 Å². The minimum Gasteiger partial charge on any atom is -0.327 e. The molecule has 0 aliphatic carbocycles. The molecule has 12 heavy (non-hydrogen) atoms. The highest BCUT2D eigenvalue weighted by molar-refractivity contribution is 4.67. The average molecular weight is 172 g/mol. The first-order chi connectivity index (χ1) is 5.61. The third-order valence-corrected chi connectivity index (χ3v) is 2.53. The number of hydrogen-bond donors (Lipinski definition) is 1. The maximum absolute atomic E-state index is 5.95. The third kappa shape index (κ3) is 4.73. The van der Waals surface area contributed by atoms with Gasteiger partial charge in [-0.2, -0.15) is 0 Å². The minimum atomic E-state index is 0.366. The van der Waals surface area contributed by atoms with Gasteiger partial charge in [0.1, 0.15) is 0 Å². The van der Waals surface area contributed by atoms with Gasteiger partial charge in [-0.25, -0.2) is 0 Å².